The lowest BCUT2D eigenvalue weighted by Crippen LogP contribution is -2.39. The standard InChI is InChI=1S/C27H27ClN6O/c28-21-3-1-2-18(12-21)24-6-7-25(32-24)23-13-19(14-30-26(23)29)20-15-31-34(16-20)22-8-10-33(11-9-22)27(35)17-4-5-17/h1-3,6-7,12-17,22,32H,4-5,8-11H2,(H2,29,30). The zero-order chi connectivity index (χ0) is 23.9. The number of hydrogen-bond acceptors (Lipinski definition) is 4. The summed E-state index contributed by atoms with van der Waals surface area (Å²) in [6, 6.07) is 14.1. The molecule has 1 saturated heterocycles. The number of rotatable bonds is 5. The highest BCUT2D eigenvalue weighted by Gasteiger charge is 2.35. The number of carbonyl (C=O) groups is 1. The van der Waals surface area contributed by atoms with Crippen LogP contribution in [0.15, 0.2) is 61.1 Å². The molecule has 1 aliphatic carbocycles. The Morgan fingerprint density at radius 1 is 0.971 bits per heavy atom. The zero-order valence-corrected chi connectivity index (χ0v) is 20.1. The number of halogens is 1. The Hall–Kier alpha value is -3.58. The lowest BCUT2D eigenvalue weighted by molar-refractivity contribution is -0.133. The van der Waals surface area contributed by atoms with Crippen LogP contribution in [-0.4, -0.2) is 43.6 Å². The molecule has 3 aromatic heterocycles. The first-order chi connectivity index (χ1) is 17.0. The number of nitrogens with two attached hydrogens (primary N) is 1. The van der Waals surface area contributed by atoms with E-state index in [-0.39, 0.29) is 5.92 Å². The summed E-state index contributed by atoms with van der Waals surface area (Å²) in [5.74, 6) is 1.09. The van der Waals surface area contributed by atoms with Crippen molar-refractivity contribution in [2.75, 3.05) is 18.8 Å². The van der Waals surface area contributed by atoms with E-state index in [1.807, 2.05) is 58.2 Å². The van der Waals surface area contributed by atoms with Crippen molar-refractivity contribution in [1.82, 2.24) is 24.6 Å². The highest BCUT2D eigenvalue weighted by atomic mass is 35.5. The Kier molecular flexibility index (Phi) is 5.57. The van der Waals surface area contributed by atoms with E-state index < -0.39 is 0 Å². The lowest BCUT2D eigenvalue weighted by Gasteiger charge is -2.32. The summed E-state index contributed by atoms with van der Waals surface area (Å²) in [4.78, 5) is 22.3. The van der Waals surface area contributed by atoms with E-state index in [0.29, 0.717) is 22.8 Å². The van der Waals surface area contributed by atoms with Crippen LogP contribution in [0, 0.1) is 5.92 Å². The van der Waals surface area contributed by atoms with Crippen molar-refractivity contribution in [2.24, 2.45) is 5.92 Å². The summed E-state index contributed by atoms with van der Waals surface area (Å²) in [7, 11) is 0. The molecule has 2 fully saturated rings. The molecule has 0 bridgehead atoms. The molecular formula is C27H27ClN6O. The van der Waals surface area contributed by atoms with Crippen LogP contribution in [0.25, 0.3) is 33.6 Å². The molecule has 0 spiro atoms. The number of pyridine rings is 1. The van der Waals surface area contributed by atoms with Crippen molar-refractivity contribution in [3.63, 3.8) is 0 Å². The molecule has 7 nitrogen and oxygen atoms in total. The predicted octanol–water partition coefficient (Wildman–Crippen LogP) is 5.42. The van der Waals surface area contributed by atoms with E-state index in [0.717, 1.165) is 72.4 Å². The second-order valence-corrected chi connectivity index (χ2v) is 9.93. The van der Waals surface area contributed by atoms with Gasteiger partial charge in [-0.2, -0.15) is 5.10 Å². The first-order valence-electron chi connectivity index (χ1n) is 12.1. The minimum absolute atomic E-state index is 0.288. The van der Waals surface area contributed by atoms with Crippen LogP contribution in [0.5, 0.6) is 0 Å². The van der Waals surface area contributed by atoms with E-state index in [4.69, 9.17) is 17.3 Å². The number of anilines is 1. The maximum Gasteiger partial charge on any atom is 0.225 e. The number of nitrogens with zero attached hydrogens (tertiary/aromatic N) is 4. The smallest absolute Gasteiger partial charge is 0.225 e. The van der Waals surface area contributed by atoms with Crippen LogP contribution in [0.3, 0.4) is 0 Å². The molecule has 2 aliphatic rings. The van der Waals surface area contributed by atoms with E-state index in [2.05, 4.69) is 21.3 Å². The maximum atomic E-state index is 12.3. The van der Waals surface area contributed by atoms with Crippen molar-refractivity contribution < 1.29 is 4.79 Å². The highest BCUT2D eigenvalue weighted by molar-refractivity contribution is 6.30. The summed E-state index contributed by atoms with van der Waals surface area (Å²) in [6.07, 6.45) is 9.72. The monoisotopic (exact) mass is 486 g/mol. The van der Waals surface area contributed by atoms with Crippen molar-refractivity contribution in [2.45, 2.75) is 31.7 Å². The largest absolute Gasteiger partial charge is 0.383 e. The molecule has 35 heavy (non-hydrogen) atoms. The third-order valence-electron chi connectivity index (χ3n) is 7.04. The highest BCUT2D eigenvalue weighted by Crippen LogP contribution is 2.34. The van der Waals surface area contributed by atoms with Gasteiger partial charge in [0, 0.05) is 64.5 Å². The summed E-state index contributed by atoms with van der Waals surface area (Å²) in [5, 5.41) is 5.34. The molecule has 4 aromatic rings. The Labute approximate surface area is 208 Å². The fourth-order valence-electron chi connectivity index (χ4n) is 4.85. The average Bonchev–Trinajstić information content (AvgIpc) is 3.40. The molecular weight excluding hydrogens is 460 g/mol. The second-order valence-electron chi connectivity index (χ2n) is 9.49. The molecule has 0 atom stereocenters. The van der Waals surface area contributed by atoms with Gasteiger partial charge in [0.25, 0.3) is 0 Å². The van der Waals surface area contributed by atoms with Gasteiger partial charge in [-0.15, -0.1) is 0 Å². The van der Waals surface area contributed by atoms with E-state index in [1.54, 1.807) is 6.20 Å². The van der Waals surface area contributed by atoms with Crippen LogP contribution in [-0.2, 0) is 4.79 Å². The maximum absolute atomic E-state index is 12.3. The number of benzene rings is 1. The number of aromatic amines is 1. The Morgan fingerprint density at radius 3 is 2.54 bits per heavy atom. The molecule has 1 saturated carbocycles. The normalized spacial score (nSPS) is 16.5. The van der Waals surface area contributed by atoms with Gasteiger partial charge < -0.3 is 15.6 Å². The van der Waals surface area contributed by atoms with Crippen LogP contribution in [0.4, 0.5) is 5.82 Å². The number of nitrogens with one attached hydrogen (secondary N) is 1. The molecule has 1 aliphatic heterocycles. The molecule has 1 aromatic carbocycles. The number of likely N-dealkylation sites (tertiary alicyclic amines) is 1. The third kappa shape index (κ3) is 4.44. The third-order valence-corrected chi connectivity index (χ3v) is 7.28. The van der Waals surface area contributed by atoms with Crippen LogP contribution < -0.4 is 5.73 Å². The second kappa shape index (κ2) is 8.89. The fourth-order valence-corrected chi connectivity index (χ4v) is 5.04. The van der Waals surface area contributed by atoms with Gasteiger partial charge in [-0.25, -0.2) is 4.98 Å². The number of piperidine rings is 1. The van der Waals surface area contributed by atoms with Gasteiger partial charge in [0.05, 0.1) is 12.2 Å². The Balaban J connectivity index is 1.20. The topological polar surface area (TPSA) is 92.8 Å². The summed E-state index contributed by atoms with van der Waals surface area (Å²) >= 11 is 6.16. The van der Waals surface area contributed by atoms with Crippen molar-refractivity contribution in [3.8, 4) is 33.6 Å². The zero-order valence-electron chi connectivity index (χ0n) is 19.3. The number of H-pyrrole nitrogens is 1. The van der Waals surface area contributed by atoms with Crippen LogP contribution in [0.1, 0.15) is 31.7 Å². The summed E-state index contributed by atoms with van der Waals surface area (Å²) in [6.45, 7) is 1.62. The number of aromatic nitrogens is 4. The Morgan fingerprint density at radius 2 is 1.77 bits per heavy atom. The summed E-state index contributed by atoms with van der Waals surface area (Å²) in [5.41, 5.74) is 11.9. The Bertz CT molecular complexity index is 1380. The lowest BCUT2D eigenvalue weighted by atomic mass is 10.0. The SMILES string of the molecule is Nc1ncc(-c2cnn(C3CCN(C(=O)C4CC4)CC3)c2)cc1-c1ccc(-c2cccc(Cl)c2)[nH]1. The first kappa shape index (κ1) is 21.9. The molecule has 0 unspecified atom stereocenters. The van der Waals surface area contributed by atoms with Gasteiger partial charge in [0.1, 0.15) is 5.82 Å². The average molecular weight is 487 g/mol. The van der Waals surface area contributed by atoms with Gasteiger partial charge >= 0.3 is 0 Å². The van der Waals surface area contributed by atoms with Gasteiger partial charge in [-0.1, -0.05) is 23.7 Å². The van der Waals surface area contributed by atoms with Gasteiger partial charge in [0.2, 0.25) is 5.91 Å². The van der Waals surface area contributed by atoms with Crippen LogP contribution >= 0.6 is 11.6 Å². The fraction of sp³-hybridized carbons (Fsp3) is 0.296. The summed E-state index contributed by atoms with van der Waals surface area (Å²) < 4.78 is 2.04. The predicted molar refractivity (Wildman–Crippen MR) is 138 cm³/mol. The molecule has 8 heteroatoms. The number of hydrogen-bond donors (Lipinski definition) is 2. The number of carbonyl (C=O) groups excluding carboxylic acids is 1. The van der Waals surface area contributed by atoms with Crippen molar-refractivity contribution in [1.29, 1.82) is 0 Å². The molecule has 3 N–H and O–H groups in total. The molecule has 6 rings (SSSR count). The van der Waals surface area contributed by atoms with Crippen LogP contribution in [0.2, 0.25) is 5.02 Å². The quantitative estimate of drug-likeness (QED) is 0.394. The number of amides is 1. The van der Waals surface area contributed by atoms with Gasteiger partial charge in [-0.3, -0.25) is 9.48 Å². The minimum Gasteiger partial charge on any atom is -0.383 e. The number of nitrogen functional groups attached to an aromatic ring is 1. The molecule has 4 heterocycles. The van der Waals surface area contributed by atoms with E-state index in [9.17, 15) is 4.79 Å². The molecule has 1 amide bonds. The minimum atomic E-state index is 0.288. The molecule has 178 valence electrons. The van der Waals surface area contributed by atoms with E-state index in [1.165, 1.54) is 0 Å². The van der Waals surface area contributed by atoms with Crippen molar-refractivity contribution >= 4 is 23.3 Å². The molecule has 0 radical (unpaired) electrons. The van der Waals surface area contributed by atoms with E-state index >= 15 is 0 Å². The van der Waals surface area contributed by atoms with Crippen molar-refractivity contribution in [3.05, 3.63) is 66.1 Å². The van der Waals surface area contributed by atoms with Gasteiger partial charge in [0.15, 0.2) is 0 Å². The first-order valence-corrected chi connectivity index (χ1v) is 12.5. The van der Waals surface area contributed by atoms with Gasteiger partial charge in [-0.05, 0) is 61.6 Å².